The first-order valence-electron chi connectivity index (χ1n) is 38.6. The Hall–Kier alpha value is -12.1. The van der Waals surface area contributed by atoms with Crippen LogP contribution in [0.2, 0.25) is 0 Å². The molecule has 2 aliphatic carbocycles. The van der Waals surface area contributed by atoms with E-state index in [0.717, 1.165) is 14.6 Å². The van der Waals surface area contributed by atoms with Crippen LogP contribution in [-0.4, -0.2) is 17.2 Å². The molecule has 0 spiro atoms. The molecule has 0 aliphatic heterocycles. The summed E-state index contributed by atoms with van der Waals surface area (Å²) >= 11 is 7.44. The third kappa shape index (κ3) is 9.95. The van der Waals surface area contributed by atoms with E-state index >= 15 is 0 Å². The van der Waals surface area contributed by atoms with E-state index in [4.69, 9.17) is 0 Å². The number of hydrogen-bond acceptors (Lipinski definition) is 4. The average Bonchev–Trinajstić information content (AvgIpc) is 1.54. The summed E-state index contributed by atoms with van der Waals surface area (Å²) in [6.45, 7) is 9.63. The van der Waals surface area contributed by atoms with Crippen LogP contribution < -0.4 is 5.46 Å². The molecule has 2 nitrogen and oxygen atoms in total. The molecule has 528 valence electrons. The predicted octanol–water partition coefficient (Wildman–Crippen LogP) is 29.4. The van der Waals surface area contributed by atoms with Crippen molar-refractivity contribution in [3.63, 3.8) is 0 Å². The lowest BCUT2D eigenvalue weighted by molar-refractivity contribution is 0.426. The number of fused-ring (bicyclic) bond motifs is 28. The van der Waals surface area contributed by atoms with Gasteiger partial charge in [0.05, 0.1) is 0 Å². The van der Waals surface area contributed by atoms with E-state index in [1.807, 2.05) is 41.7 Å². The van der Waals surface area contributed by atoms with Gasteiger partial charge in [-0.05, 0) is 255 Å². The van der Waals surface area contributed by atoms with Crippen molar-refractivity contribution in [1.29, 1.82) is 0 Å². The summed E-state index contributed by atoms with van der Waals surface area (Å²) in [4.78, 5) is 0. The standard InChI is InChI=1S/C53H34S.C41H27Br.C12H9BO2S/c1-53(2)47-28-31(26-27-36(47)46-29-44-34-16-5-3-14-32(34)33-15-4-6-17-35(33)45(44)30-48(46)53)50-38-19-7-9-21-40(38)51(41-22-10-8-20-39(41)50)43-24-13-23-42-37-18-11-12-25-49(37)54-52(42)43;1-41(2)37-21-24(39-30-15-7-9-17-32(30)40(42)33-18-10-8-16-31(33)39)19-20-29(37)36-22-34-27-13-5-3-11-25(27)26-12-4-6-14-28(26)35(34)23-38(36)41;14-13(15)10-6-3-5-9-8-4-1-2-7-11(8)16-12(9)10/h3-30H,1-2H3;3-23H,1-2H3;1-7,14-15H. The van der Waals surface area contributed by atoms with E-state index in [9.17, 15) is 10.0 Å². The molecule has 0 saturated heterocycles. The Morgan fingerprint density at radius 1 is 0.232 bits per heavy atom. The molecule has 2 aromatic heterocycles. The number of rotatable bonds is 4. The molecule has 0 fully saturated rings. The van der Waals surface area contributed by atoms with Gasteiger partial charge in [0.25, 0.3) is 0 Å². The van der Waals surface area contributed by atoms with Crippen LogP contribution in [0.25, 0.3) is 204 Å². The van der Waals surface area contributed by atoms with Crippen molar-refractivity contribution < 1.29 is 10.0 Å². The highest BCUT2D eigenvalue weighted by molar-refractivity contribution is 9.10. The molecule has 22 aromatic rings. The SMILES string of the molecule is CC1(C)c2cc(-c3c4ccccc4c(-c4cccc5c4sc4ccccc45)c4ccccc34)ccc2-c2cc3c4ccccc4c4ccccc4c3cc21.CC1(C)c2cc(-c3c4ccccc4c(Br)c4ccccc34)ccc2-c2cc3c4ccccc4c4ccccc4c3cc21.OB(O)c1cccc2c1sc1ccccc12. The largest absolute Gasteiger partial charge is 0.489 e. The molecule has 6 heteroatoms. The number of benzene rings is 20. The quantitative estimate of drug-likeness (QED) is 0.105. The summed E-state index contributed by atoms with van der Waals surface area (Å²) in [5.41, 5.74) is 19.1. The molecule has 0 radical (unpaired) electrons. The predicted molar refractivity (Wildman–Crippen MR) is 489 cm³/mol. The van der Waals surface area contributed by atoms with Crippen molar-refractivity contribution in [2.24, 2.45) is 0 Å². The van der Waals surface area contributed by atoms with Gasteiger partial charge in [-0.2, -0.15) is 0 Å². The summed E-state index contributed by atoms with van der Waals surface area (Å²) in [5, 5.41) is 49.7. The summed E-state index contributed by atoms with van der Waals surface area (Å²) in [6.07, 6.45) is 0. The summed E-state index contributed by atoms with van der Waals surface area (Å²) in [6, 6.07) is 125. The van der Waals surface area contributed by atoms with Gasteiger partial charge in [0.2, 0.25) is 0 Å². The highest BCUT2D eigenvalue weighted by Gasteiger charge is 2.39. The Balaban J connectivity index is 0.000000117. The van der Waals surface area contributed by atoms with Gasteiger partial charge >= 0.3 is 7.12 Å². The molecule has 0 atom stereocenters. The van der Waals surface area contributed by atoms with E-state index in [2.05, 4.69) is 347 Å². The maximum Gasteiger partial charge on any atom is 0.489 e. The molecule has 0 bridgehead atoms. The minimum Gasteiger partial charge on any atom is -0.423 e. The molecule has 2 heterocycles. The lowest BCUT2D eigenvalue weighted by Gasteiger charge is -2.23. The van der Waals surface area contributed by atoms with Crippen molar-refractivity contribution >= 4 is 199 Å². The van der Waals surface area contributed by atoms with E-state index in [1.54, 1.807) is 17.4 Å². The number of halogens is 1. The van der Waals surface area contributed by atoms with Crippen molar-refractivity contribution in [2.75, 3.05) is 0 Å². The third-order valence-electron chi connectivity index (χ3n) is 24.8. The first-order chi connectivity index (χ1) is 54.8. The van der Waals surface area contributed by atoms with E-state index in [0.29, 0.717) is 5.46 Å². The lowest BCUT2D eigenvalue weighted by atomic mass is 9.79. The van der Waals surface area contributed by atoms with Gasteiger partial charge in [0, 0.05) is 55.8 Å². The smallest absolute Gasteiger partial charge is 0.423 e. The fourth-order valence-corrected chi connectivity index (χ4v) is 22.8. The van der Waals surface area contributed by atoms with Crippen LogP contribution in [0.4, 0.5) is 0 Å². The fraction of sp³-hybridized carbons (Fsp3) is 0.0566. The maximum atomic E-state index is 9.31. The molecular formula is C106H70BBrO2S2. The van der Waals surface area contributed by atoms with Crippen molar-refractivity contribution in [3.05, 3.63) is 366 Å². The van der Waals surface area contributed by atoms with Gasteiger partial charge in [-0.3, -0.25) is 0 Å². The maximum absolute atomic E-state index is 9.31. The summed E-state index contributed by atoms with van der Waals surface area (Å²) in [5.74, 6) is 0. The highest BCUT2D eigenvalue weighted by Crippen LogP contribution is 2.57. The molecule has 0 saturated carbocycles. The zero-order chi connectivity index (χ0) is 75.0. The van der Waals surface area contributed by atoms with Crippen molar-refractivity contribution in [2.45, 2.75) is 38.5 Å². The van der Waals surface area contributed by atoms with E-state index in [-0.39, 0.29) is 10.8 Å². The molecule has 112 heavy (non-hydrogen) atoms. The normalized spacial score (nSPS) is 13.3. The highest BCUT2D eigenvalue weighted by atomic mass is 79.9. The van der Waals surface area contributed by atoms with Crippen LogP contribution in [0.1, 0.15) is 49.9 Å². The van der Waals surface area contributed by atoms with Gasteiger partial charge in [0.15, 0.2) is 0 Å². The molecule has 0 unspecified atom stereocenters. The van der Waals surface area contributed by atoms with Crippen LogP contribution in [-0.2, 0) is 10.8 Å². The van der Waals surface area contributed by atoms with Gasteiger partial charge in [-0.1, -0.05) is 319 Å². The first kappa shape index (κ1) is 66.9. The Bertz CT molecular complexity index is 7720. The molecule has 2 N–H and O–H groups in total. The summed E-state index contributed by atoms with van der Waals surface area (Å²) < 4.78 is 5.98. The molecule has 24 rings (SSSR count). The van der Waals surface area contributed by atoms with Crippen LogP contribution in [0, 0.1) is 0 Å². The molecule has 0 amide bonds. The fourth-order valence-electron chi connectivity index (χ4n) is 19.6. The zero-order valence-electron chi connectivity index (χ0n) is 62.0. The first-order valence-corrected chi connectivity index (χ1v) is 41.0. The Morgan fingerprint density at radius 2 is 0.518 bits per heavy atom. The van der Waals surface area contributed by atoms with Crippen molar-refractivity contribution in [3.8, 4) is 55.6 Å². The second kappa shape index (κ2) is 25.5. The van der Waals surface area contributed by atoms with Crippen LogP contribution >= 0.6 is 38.6 Å². The lowest BCUT2D eigenvalue weighted by Crippen LogP contribution is -2.29. The Morgan fingerprint density at radius 3 is 0.911 bits per heavy atom. The molecular weight excluding hydrogens is 1460 g/mol. The van der Waals surface area contributed by atoms with Gasteiger partial charge in [-0.15, -0.1) is 22.7 Å². The van der Waals surface area contributed by atoms with Gasteiger partial charge < -0.3 is 10.0 Å². The van der Waals surface area contributed by atoms with Crippen LogP contribution in [0.3, 0.4) is 0 Å². The second-order valence-corrected chi connectivity index (χ2v) is 34.3. The molecule has 20 aromatic carbocycles. The van der Waals surface area contributed by atoms with Gasteiger partial charge in [0.1, 0.15) is 0 Å². The number of hydrogen-bond donors (Lipinski definition) is 2. The van der Waals surface area contributed by atoms with Gasteiger partial charge in [-0.25, -0.2) is 0 Å². The minimum atomic E-state index is -1.41. The van der Waals surface area contributed by atoms with E-state index in [1.165, 1.54) is 216 Å². The minimum absolute atomic E-state index is 0.122. The molecule has 2 aliphatic rings. The van der Waals surface area contributed by atoms with Crippen LogP contribution in [0.15, 0.2) is 344 Å². The number of thiophene rings is 2. The van der Waals surface area contributed by atoms with E-state index < -0.39 is 7.12 Å². The topological polar surface area (TPSA) is 40.5 Å². The van der Waals surface area contributed by atoms with Crippen molar-refractivity contribution in [1.82, 2.24) is 0 Å². The Kier molecular flexibility index (Phi) is 15.2. The Labute approximate surface area is 664 Å². The van der Waals surface area contributed by atoms with Crippen LogP contribution in [0.5, 0.6) is 0 Å². The zero-order valence-corrected chi connectivity index (χ0v) is 65.2. The third-order valence-corrected chi connectivity index (χ3v) is 28.1. The summed E-state index contributed by atoms with van der Waals surface area (Å²) in [7, 11) is -1.41. The second-order valence-electron chi connectivity index (χ2n) is 31.4. The average molecular weight is 1530 g/mol. The monoisotopic (exact) mass is 1530 g/mol.